The van der Waals surface area contributed by atoms with Crippen molar-refractivity contribution in [1.82, 2.24) is 10.0 Å². The van der Waals surface area contributed by atoms with E-state index in [2.05, 4.69) is 4.98 Å². The van der Waals surface area contributed by atoms with E-state index in [1.807, 2.05) is 30.3 Å². The molecule has 0 saturated carbocycles. The van der Waals surface area contributed by atoms with Crippen LogP contribution in [0.4, 0.5) is 5.69 Å². The summed E-state index contributed by atoms with van der Waals surface area (Å²) in [6, 6.07) is 13.9. The highest BCUT2D eigenvalue weighted by Gasteiger charge is 2.28. The minimum absolute atomic E-state index is 0.112. The maximum Gasteiger partial charge on any atom is 0.331 e. The Morgan fingerprint density at radius 2 is 1.97 bits per heavy atom. The van der Waals surface area contributed by atoms with E-state index in [-0.39, 0.29) is 23.4 Å². The van der Waals surface area contributed by atoms with Crippen molar-refractivity contribution in [3.63, 3.8) is 0 Å². The third kappa shape index (κ3) is 5.11. The number of benzene rings is 2. The Kier molecular flexibility index (Phi) is 7.07. The van der Waals surface area contributed by atoms with Crippen LogP contribution in [0, 0.1) is 10.1 Å². The van der Waals surface area contributed by atoms with Crippen LogP contribution in [0.2, 0.25) is 0 Å². The van der Waals surface area contributed by atoms with Crippen molar-refractivity contribution >= 4 is 29.0 Å². The van der Waals surface area contributed by atoms with Crippen molar-refractivity contribution in [2.75, 3.05) is 13.9 Å². The first-order valence-corrected chi connectivity index (χ1v) is 9.18. The molecule has 0 saturated heterocycles. The highest BCUT2D eigenvalue weighted by atomic mass is 16.8. The Labute approximate surface area is 177 Å². The minimum Gasteiger partial charge on any atom is -0.467 e. The van der Waals surface area contributed by atoms with Gasteiger partial charge in [-0.25, -0.2) is 14.7 Å². The topological polar surface area (TPSA) is 121 Å². The van der Waals surface area contributed by atoms with Gasteiger partial charge in [-0.1, -0.05) is 30.3 Å². The lowest BCUT2D eigenvalue weighted by molar-refractivity contribution is -0.383. The van der Waals surface area contributed by atoms with Gasteiger partial charge >= 0.3 is 5.97 Å². The number of carbonyl (C=O) groups excluding carboxylic acids is 2. The first-order valence-electron chi connectivity index (χ1n) is 9.18. The van der Waals surface area contributed by atoms with Crippen LogP contribution >= 0.6 is 0 Å². The summed E-state index contributed by atoms with van der Waals surface area (Å²) in [5, 5.41) is 12.3. The summed E-state index contributed by atoms with van der Waals surface area (Å²) in [4.78, 5) is 44.0. The van der Waals surface area contributed by atoms with Gasteiger partial charge in [0.25, 0.3) is 5.69 Å². The molecule has 0 aliphatic carbocycles. The van der Waals surface area contributed by atoms with E-state index in [4.69, 9.17) is 14.3 Å². The maximum atomic E-state index is 12.2. The standard InChI is InChI=1S/C21H19N3O7/c1-29-21(26)18(12-15-6-3-2-4-7-15)23(13-25)31-14-30-19-10-9-17(24(27)28)16-8-5-11-22-20(16)19/h2-11,13,18H,12,14H2,1H3/t18-/m0/s1. The normalized spacial score (nSPS) is 11.5. The van der Waals surface area contributed by atoms with Crippen LogP contribution in [-0.4, -0.2) is 47.3 Å². The highest BCUT2D eigenvalue weighted by molar-refractivity contribution is 5.92. The highest BCUT2D eigenvalue weighted by Crippen LogP contribution is 2.31. The van der Waals surface area contributed by atoms with Gasteiger partial charge in [0.15, 0.2) is 6.04 Å². The number of rotatable bonds is 10. The molecule has 0 aliphatic rings. The van der Waals surface area contributed by atoms with Gasteiger partial charge in [0.2, 0.25) is 13.2 Å². The van der Waals surface area contributed by atoms with Gasteiger partial charge < -0.3 is 9.47 Å². The summed E-state index contributed by atoms with van der Waals surface area (Å²) in [6.07, 6.45) is 2.01. The number of nitro benzene ring substituents is 1. The first-order chi connectivity index (χ1) is 15.0. The predicted molar refractivity (Wildman–Crippen MR) is 109 cm³/mol. The number of esters is 1. The molecule has 3 aromatic rings. The fraction of sp³-hybridized carbons (Fsp3) is 0.190. The van der Waals surface area contributed by atoms with Gasteiger partial charge in [0.1, 0.15) is 11.3 Å². The second-order valence-electron chi connectivity index (χ2n) is 6.32. The van der Waals surface area contributed by atoms with Crippen LogP contribution in [0.3, 0.4) is 0 Å². The van der Waals surface area contributed by atoms with Crippen molar-refractivity contribution in [3.8, 4) is 5.75 Å². The van der Waals surface area contributed by atoms with Gasteiger partial charge in [0.05, 0.1) is 17.4 Å². The molecule has 3 rings (SSSR count). The van der Waals surface area contributed by atoms with Gasteiger partial charge in [-0.2, -0.15) is 0 Å². The Hall–Kier alpha value is -4.05. The number of amides is 1. The Morgan fingerprint density at radius 3 is 2.65 bits per heavy atom. The second-order valence-corrected chi connectivity index (χ2v) is 6.32. The van der Waals surface area contributed by atoms with Gasteiger partial charge in [-0.05, 0) is 23.8 Å². The molecule has 10 heteroatoms. The molecule has 0 N–H and O–H groups in total. The summed E-state index contributed by atoms with van der Waals surface area (Å²) < 4.78 is 10.3. The first kappa shape index (κ1) is 21.7. The quantitative estimate of drug-likeness (QED) is 0.160. The average molecular weight is 425 g/mol. The van der Waals surface area contributed by atoms with Crippen molar-refractivity contribution in [2.24, 2.45) is 0 Å². The molecule has 1 amide bonds. The van der Waals surface area contributed by atoms with Crippen LogP contribution in [0.1, 0.15) is 5.56 Å². The van der Waals surface area contributed by atoms with Crippen molar-refractivity contribution in [3.05, 3.63) is 76.5 Å². The summed E-state index contributed by atoms with van der Waals surface area (Å²) in [6.45, 7) is -0.440. The van der Waals surface area contributed by atoms with Gasteiger partial charge in [-0.15, -0.1) is 0 Å². The molecule has 31 heavy (non-hydrogen) atoms. The number of aromatic nitrogens is 1. The number of nitrogens with zero attached hydrogens (tertiary/aromatic N) is 3. The number of ether oxygens (including phenoxy) is 2. The van der Waals surface area contributed by atoms with Crippen LogP contribution in [-0.2, 0) is 25.6 Å². The monoisotopic (exact) mass is 425 g/mol. The zero-order valence-electron chi connectivity index (χ0n) is 16.5. The number of pyridine rings is 1. The molecule has 0 bridgehead atoms. The SMILES string of the molecule is COC(=O)[C@H](Cc1ccccc1)N(C=O)OCOc1ccc([N+](=O)[O-])c2cccnc12. The molecule has 0 radical (unpaired) electrons. The second kappa shape index (κ2) is 10.1. The molecule has 1 heterocycles. The van der Waals surface area contributed by atoms with Crippen molar-refractivity contribution < 1.29 is 28.8 Å². The molecule has 1 atom stereocenters. The number of non-ortho nitro benzene ring substituents is 1. The van der Waals surface area contributed by atoms with Crippen molar-refractivity contribution in [2.45, 2.75) is 12.5 Å². The molecule has 10 nitrogen and oxygen atoms in total. The number of hydrogen-bond acceptors (Lipinski definition) is 8. The van der Waals surface area contributed by atoms with Crippen LogP contribution < -0.4 is 4.74 Å². The largest absolute Gasteiger partial charge is 0.467 e. The molecule has 0 fully saturated rings. The summed E-state index contributed by atoms with van der Waals surface area (Å²) in [7, 11) is 1.22. The van der Waals surface area contributed by atoms with Crippen molar-refractivity contribution in [1.29, 1.82) is 0 Å². The molecule has 1 aromatic heterocycles. The lowest BCUT2D eigenvalue weighted by atomic mass is 10.1. The molecule has 2 aromatic carbocycles. The molecular weight excluding hydrogens is 406 g/mol. The van der Waals surface area contributed by atoms with Crippen LogP contribution in [0.5, 0.6) is 5.75 Å². The number of hydrogen-bond donors (Lipinski definition) is 0. The fourth-order valence-corrected chi connectivity index (χ4v) is 3.00. The van der Waals surface area contributed by atoms with E-state index >= 15 is 0 Å². The Balaban J connectivity index is 1.74. The average Bonchev–Trinajstić information content (AvgIpc) is 2.80. The molecule has 0 aliphatic heterocycles. The summed E-state index contributed by atoms with van der Waals surface area (Å²) in [5.41, 5.74) is 0.964. The lowest BCUT2D eigenvalue weighted by Crippen LogP contribution is -2.43. The number of fused-ring (bicyclic) bond motifs is 1. The van der Waals surface area contributed by atoms with Crippen LogP contribution in [0.25, 0.3) is 10.9 Å². The van der Waals surface area contributed by atoms with E-state index in [0.717, 1.165) is 10.6 Å². The van der Waals surface area contributed by atoms with Crippen LogP contribution in [0.15, 0.2) is 60.8 Å². The van der Waals surface area contributed by atoms with Gasteiger partial charge in [0, 0.05) is 18.7 Å². The summed E-state index contributed by atoms with van der Waals surface area (Å²) in [5.74, 6) is -0.428. The van der Waals surface area contributed by atoms with E-state index < -0.39 is 23.7 Å². The molecule has 0 spiro atoms. The molecular formula is C21H19N3O7. The van der Waals surface area contributed by atoms with E-state index in [1.54, 1.807) is 12.1 Å². The number of nitro groups is 1. The van der Waals surface area contributed by atoms with E-state index in [0.29, 0.717) is 11.8 Å². The Morgan fingerprint density at radius 1 is 1.19 bits per heavy atom. The molecule has 0 unspecified atom stereocenters. The lowest BCUT2D eigenvalue weighted by Gasteiger charge is -2.25. The number of hydroxylamine groups is 2. The third-order valence-electron chi connectivity index (χ3n) is 4.48. The Bertz CT molecular complexity index is 1080. The zero-order valence-corrected chi connectivity index (χ0v) is 16.5. The maximum absolute atomic E-state index is 12.2. The smallest absolute Gasteiger partial charge is 0.331 e. The van der Waals surface area contributed by atoms with Gasteiger partial charge in [-0.3, -0.25) is 19.9 Å². The van der Waals surface area contributed by atoms with E-state index in [1.165, 1.54) is 25.4 Å². The zero-order chi connectivity index (χ0) is 22.2. The number of methoxy groups -OCH3 is 1. The predicted octanol–water partition coefficient (Wildman–Crippen LogP) is 2.65. The minimum atomic E-state index is -1.03. The molecule has 160 valence electrons. The van der Waals surface area contributed by atoms with E-state index in [9.17, 15) is 19.7 Å². The fourth-order valence-electron chi connectivity index (χ4n) is 3.00. The number of carbonyl (C=O) groups is 2. The summed E-state index contributed by atoms with van der Waals surface area (Å²) >= 11 is 0. The third-order valence-corrected chi connectivity index (χ3v) is 4.48.